The SMILES string of the molecule is Clc1ccc(C2C3C=CC(C3)C23CCC(N2CCOCC2)=N3)c(Cl)c1. The normalized spacial score (nSPS) is 36.5. The number of hydrogen-bond donors (Lipinski definition) is 0. The summed E-state index contributed by atoms with van der Waals surface area (Å²) in [6, 6.07) is 5.96. The van der Waals surface area contributed by atoms with Gasteiger partial charge in [-0.3, -0.25) is 4.99 Å². The second kappa shape index (κ2) is 6.00. The zero-order valence-corrected chi connectivity index (χ0v) is 15.6. The molecule has 25 heavy (non-hydrogen) atoms. The second-order valence-electron chi connectivity index (χ2n) is 7.65. The van der Waals surface area contributed by atoms with Gasteiger partial charge in [-0.15, -0.1) is 0 Å². The van der Waals surface area contributed by atoms with Crippen molar-refractivity contribution in [2.45, 2.75) is 30.7 Å². The maximum absolute atomic E-state index is 6.61. The fourth-order valence-electron chi connectivity index (χ4n) is 5.41. The van der Waals surface area contributed by atoms with E-state index in [1.54, 1.807) is 0 Å². The number of fused-ring (bicyclic) bond motifs is 3. The van der Waals surface area contributed by atoms with Crippen molar-refractivity contribution in [3.63, 3.8) is 0 Å². The third-order valence-electron chi connectivity index (χ3n) is 6.49. The predicted molar refractivity (Wildman–Crippen MR) is 102 cm³/mol. The maximum atomic E-state index is 6.61. The van der Waals surface area contributed by atoms with Crippen molar-refractivity contribution in [1.29, 1.82) is 0 Å². The molecule has 2 aliphatic carbocycles. The Bertz CT molecular complexity index is 756. The van der Waals surface area contributed by atoms with Crippen LogP contribution in [-0.2, 0) is 4.74 Å². The molecule has 4 atom stereocenters. The molecule has 3 nitrogen and oxygen atoms in total. The molecule has 0 N–H and O–H groups in total. The zero-order valence-electron chi connectivity index (χ0n) is 14.1. The minimum absolute atomic E-state index is 0.0233. The van der Waals surface area contributed by atoms with Crippen LogP contribution >= 0.6 is 23.2 Å². The molecule has 5 heteroatoms. The molecule has 132 valence electrons. The molecular formula is C20H22Cl2N2O. The van der Waals surface area contributed by atoms with Crippen LogP contribution in [0.25, 0.3) is 0 Å². The van der Waals surface area contributed by atoms with E-state index in [1.165, 1.54) is 17.8 Å². The van der Waals surface area contributed by atoms with Crippen LogP contribution < -0.4 is 0 Å². The molecule has 2 bridgehead atoms. The van der Waals surface area contributed by atoms with E-state index in [1.807, 2.05) is 12.1 Å². The van der Waals surface area contributed by atoms with Crippen molar-refractivity contribution in [3.05, 3.63) is 46.0 Å². The summed E-state index contributed by atoms with van der Waals surface area (Å²) in [5.41, 5.74) is 1.19. The Labute approximate surface area is 158 Å². The minimum atomic E-state index is -0.0233. The molecule has 1 spiro atoms. The standard InChI is InChI=1S/C20H22Cl2N2O/c21-15-3-4-16(17(22)12-15)19-13-1-2-14(11-13)20(19)6-5-18(23-20)24-7-9-25-10-8-24/h1-4,12-14,19H,5-11H2. The van der Waals surface area contributed by atoms with Crippen molar-refractivity contribution in [3.8, 4) is 0 Å². The number of amidine groups is 1. The summed E-state index contributed by atoms with van der Waals surface area (Å²) in [7, 11) is 0. The van der Waals surface area contributed by atoms with Crippen LogP contribution in [0.1, 0.15) is 30.7 Å². The van der Waals surface area contributed by atoms with Crippen LogP contribution in [0.3, 0.4) is 0 Å². The first-order valence-corrected chi connectivity index (χ1v) is 9.98. The molecule has 2 aliphatic heterocycles. The number of halogens is 2. The quantitative estimate of drug-likeness (QED) is 0.671. The molecule has 1 aromatic rings. The highest BCUT2D eigenvalue weighted by Gasteiger charge is 2.58. The number of morpholine rings is 1. The van der Waals surface area contributed by atoms with E-state index in [0.29, 0.717) is 22.8 Å². The fourth-order valence-corrected chi connectivity index (χ4v) is 5.93. The second-order valence-corrected chi connectivity index (χ2v) is 8.50. The molecule has 1 saturated carbocycles. The molecule has 2 heterocycles. The predicted octanol–water partition coefficient (Wildman–Crippen LogP) is 4.55. The van der Waals surface area contributed by atoms with Crippen molar-refractivity contribution in [1.82, 2.24) is 4.90 Å². The van der Waals surface area contributed by atoms with Crippen LogP contribution in [0.4, 0.5) is 0 Å². The lowest BCUT2D eigenvalue weighted by Crippen LogP contribution is -2.40. The Kier molecular flexibility index (Phi) is 3.88. The highest BCUT2D eigenvalue weighted by Crippen LogP contribution is 2.61. The van der Waals surface area contributed by atoms with Gasteiger partial charge in [0, 0.05) is 41.4 Å². The molecule has 1 aromatic carbocycles. The van der Waals surface area contributed by atoms with Gasteiger partial charge < -0.3 is 9.64 Å². The van der Waals surface area contributed by atoms with Gasteiger partial charge in [0.1, 0.15) is 0 Å². The van der Waals surface area contributed by atoms with Crippen molar-refractivity contribution in [2.75, 3.05) is 26.3 Å². The monoisotopic (exact) mass is 376 g/mol. The highest BCUT2D eigenvalue weighted by molar-refractivity contribution is 6.35. The van der Waals surface area contributed by atoms with Crippen LogP contribution in [-0.4, -0.2) is 42.6 Å². The highest BCUT2D eigenvalue weighted by atomic mass is 35.5. The first-order valence-electron chi connectivity index (χ1n) is 9.22. The summed E-state index contributed by atoms with van der Waals surface area (Å²) < 4.78 is 5.51. The van der Waals surface area contributed by atoms with E-state index >= 15 is 0 Å². The summed E-state index contributed by atoms with van der Waals surface area (Å²) in [5.74, 6) is 2.72. The summed E-state index contributed by atoms with van der Waals surface area (Å²) in [6.07, 6.45) is 8.17. The molecule has 0 aromatic heterocycles. The molecule has 2 fully saturated rings. The average molecular weight is 377 g/mol. The zero-order chi connectivity index (χ0) is 17.0. The van der Waals surface area contributed by atoms with E-state index in [9.17, 15) is 0 Å². The largest absolute Gasteiger partial charge is 0.378 e. The van der Waals surface area contributed by atoms with E-state index in [-0.39, 0.29) is 5.54 Å². The summed E-state index contributed by atoms with van der Waals surface area (Å²) in [5, 5.41) is 1.48. The van der Waals surface area contributed by atoms with Crippen molar-refractivity contribution >= 4 is 29.0 Å². The van der Waals surface area contributed by atoms with Gasteiger partial charge in [0.2, 0.25) is 0 Å². The van der Waals surface area contributed by atoms with E-state index in [0.717, 1.165) is 44.2 Å². The van der Waals surface area contributed by atoms with Crippen LogP contribution in [0.2, 0.25) is 10.0 Å². The summed E-state index contributed by atoms with van der Waals surface area (Å²) in [6.45, 7) is 3.55. The van der Waals surface area contributed by atoms with Gasteiger partial charge in [0.15, 0.2) is 0 Å². The van der Waals surface area contributed by atoms with Crippen LogP contribution in [0.5, 0.6) is 0 Å². The first kappa shape index (κ1) is 16.2. The molecule has 1 saturated heterocycles. The number of aliphatic imine (C=N–C) groups is 1. The van der Waals surface area contributed by atoms with Crippen LogP contribution in [0.15, 0.2) is 35.3 Å². The lowest BCUT2D eigenvalue weighted by Gasteiger charge is -2.37. The lowest BCUT2D eigenvalue weighted by atomic mass is 9.71. The summed E-state index contributed by atoms with van der Waals surface area (Å²) in [4.78, 5) is 7.82. The van der Waals surface area contributed by atoms with Gasteiger partial charge in [0.05, 0.1) is 24.6 Å². The Balaban J connectivity index is 1.55. The van der Waals surface area contributed by atoms with E-state index in [2.05, 4.69) is 23.1 Å². The third kappa shape index (κ3) is 2.47. The molecule has 0 radical (unpaired) electrons. The molecule has 5 rings (SSSR count). The number of rotatable bonds is 1. The van der Waals surface area contributed by atoms with Crippen LogP contribution in [0, 0.1) is 11.8 Å². The van der Waals surface area contributed by atoms with Gasteiger partial charge in [-0.2, -0.15) is 0 Å². The van der Waals surface area contributed by atoms with Gasteiger partial charge >= 0.3 is 0 Å². The average Bonchev–Trinajstić information content (AvgIpc) is 3.32. The molecule has 4 aliphatic rings. The van der Waals surface area contributed by atoms with E-state index < -0.39 is 0 Å². The minimum Gasteiger partial charge on any atom is -0.378 e. The molecule has 4 unspecified atom stereocenters. The number of allylic oxidation sites excluding steroid dienone is 1. The molecular weight excluding hydrogens is 355 g/mol. The number of nitrogens with zero attached hydrogens (tertiary/aromatic N) is 2. The number of hydrogen-bond acceptors (Lipinski definition) is 3. The Hall–Kier alpha value is -1.03. The van der Waals surface area contributed by atoms with Crippen molar-refractivity contribution < 1.29 is 4.74 Å². The third-order valence-corrected chi connectivity index (χ3v) is 7.05. The molecule has 0 amide bonds. The Morgan fingerprint density at radius 2 is 2.00 bits per heavy atom. The first-order chi connectivity index (χ1) is 12.2. The maximum Gasteiger partial charge on any atom is 0.0998 e. The number of benzene rings is 1. The van der Waals surface area contributed by atoms with Crippen molar-refractivity contribution in [2.24, 2.45) is 16.8 Å². The number of ether oxygens (including phenoxy) is 1. The fraction of sp³-hybridized carbons (Fsp3) is 0.550. The van der Waals surface area contributed by atoms with Gasteiger partial charge in [-0.1, -0.05) is 41.4 Å². The van der Waals surface area contributed by atoms with E-state index in [4.69, 9.17) is 32.9 Å². The van der Waals surface area contributed by atoms with Gasteiger partial charge in [-0.25, -0.2) is 0 Å². The Morgan fingerprint density at radius 1 is 1.16 bits per heavy atom. The topological polar surface area (TPSA) is 24.8 Å². The van der Waals surface area contributed by atoms with Gasteiger partial charge in [-0.05, 0) is 36.5 Å². The van der Waals surface area contributed by atoms with Gasteiger partial charge in [0.25, 0.3) is 0 Å². The smallest absolute Gasteiger partial charge is 0.0998 e. The summed E-state index contributed by atoms with van der Waals surface area (Å²) >= 11 is 12.7. The lowest BCUT2D eigenvalue weighted by molar-refractivity contribution is 0.0674. The Morgan fingerprint density at radius 3 is 2.80 bits per heavy atom.